The van der Waals surface area contributed by atoms with Crippen LogP contribution in [-0.4, -0.2) is 35.1 Å². The summed E-state index contributed by atoms with van der Waals surface area (Å²) in [6, 6.07) is 11.5. The van der Waals surface area contributed by atoms with Crippen LogP contribution in [0.1, 0.15) is 88.7 Å². The van der Waals surface area contributed by atoms with E-state index in [1.165, 1.54) is 24.6 Å². The van der Waals surface area contributed by atoms with Gasteiger partial charge in [-0.25, -0.2) is 0 Å². The first-order chi connectivity index (χ1) is 17.9. The Hall–Kier alpha value is -2.88. The first-order valence-corrected chi connectivity index (χ1v) is 13.0. The summed E-state index contributed by atoms with van der Waals surface area (Å²) in [7, 11) is 0. The van der Waals surface area contributed by atoms with E-state index in [0.717, 1.165) is 41.8 Å². The van der Waals surface area contributed by atoms with Crippen LogP contribution in [0.5, 0.6) is 5.75 Å². The number of hydrogen-bond donors (Lipinski definition) is 3. The predicted octanol–water partition coefficient (Wildman–Crippen LogP) is 7.03. The molecule has 1 saturated carbocycles. The van der Waals surface area contributed by atoms with Crippen LogP contribution < -0.4 is 15.7 Å². The van der Waals surface area contributed by atoms with Gasteiger partial charge in [0.25, 0.3) is 5.91 Å². The zero-order valence-electron chi connectivity index (χ0n) is 23.4. The number of nitrogens with zero attached hydrogens (tertiary/aromatic N) is 1. The van der Waals surface area contributed by atoms with Gasteiger partial charge in [0.2, 0.25) is 0 Å². The number of rotatable bonds is 9. The van der Waals surface area contributed by atoms with Gasteiger partial charge in [-0.05, 0) is 75.4 Å². The van der Waals surface area contributed by atoms with Crippen molar-refractivity contribution in [2.75, 3.05) is 0 Å². The molecule has 1 fully saturated rings. The highest BCUT2D eigenvalue weighted by molar-refractivity contribution is 6.01. The lowest BCUT2D eigenvalue weighted by Gasteiger charge is -2.40. The summed E-state index contributed by atoms with van der Waals surface area (Å²) >= 11 is 0. The number of aliphatic imine (C=N–C) groups is 1. The van der Waals surface area contributed by atoms with Crippen molar-refractivity contribution in [3.8, 4) is 5.75 Å². The quantitative estimate of drug-likeness (QED) is 0.301. The number of amides is 1. The van der Waals surface area contributed by atoms with Gasteiger partial charge in [-0.2, -0.15) is 8.78 Å². The van der Waals surface area contributed by atoms with E-state index in [1.54, 1.807) is 11.7 Å². The monoisotopic (exact) mass is 533 g/mol. The second-order valence-corrected chi connectivity index (χ2v) is 10.5. The topological polar surface area (TPSA) is 92.2 Å². The van der Waals surface area contributed by atoms with Crippen LogP contribution in [0.25, 0.3) is 0 Å². The van der Waals surface area contributed by atoms with Crippen LogP contribution in [0.15, 0.2) is 47.5 Å². The zero-order chi connectivity index (χ0) is 28.5. The van der Waals surface area contributed by atoms with E-state index in [-0.39, 0.29) is 23.3 Å². The van der Waals surface area contributed by atoms with Crippen molar-refractivity contribution in [3.63, 3.8) is 0 Å². The number of halogens is 2. The van der Waals surface area contributed by atoms with Crippen LogP contribution in [0.3, 0.4) is 0 Å². The van der Waals surface area contributed by atoms with Crippen molar-refractivity contribution >= 4 is 17.3 Å². The molecule has 1 atom stereocenters. The molecule has 3 N–H and O–H groups in total. The molecule has 1 aliphatic carbocycles. The Bertz CT molecular complexity index is 1100. The van der Waals surface area contributed by atoms with Crippen molar-refractivity contribution < 1.29 is 28.4 Å². The van der Waals surface area contributed by atoms with Gasteiger partial charge in [0.1, 0.15) is 5.75 Å². The molecule has 2 aromatic rings. The normalized spacial score (nSPS) is 16.8. The molecule has 0 aliphatic heterocycles. The number of benzene rings is 2. The molecular formula is C29H41F2N3O4. The van der Waals surface area contributed by atoms with Gasteiger partial charge in [-0.1, -0.05) is 58.0 Å². The van der Waals surface area contributed by atoms with Crippen molar-refractivity contribution in [2.24, 2.45) is 4.99 Å². The molecule has 0 heterocycles. The van der Waals surface area contributed by atoms with Gasteiger partial charge in [0.05, 0.1) is 17.3 Å². The molecule has 1 unspecified atom stereocenters. The number of alkyl halides is 2. The molecule has 9 heteroatoms. The first kappa shape index (κ1) is 31.3. The number of nitrogens with one attached hydrogen (secondary N) is 2. The van der Waals surface area contributed by atoms with Crippen LogP contribution in [0, 0.1) is 6.92 Å². The highest BCUT2D eigenvalue weighted by atomic mass is 19.3. The summed E-state index contributed by atoms with van der Waals surface area (Å²) in [4.78, 5) is 23.0. The molecular weight excluding hydrogens is 492 g/mol. The summed E-state index contributed by atoms with van der Waals surface area (Å²) in [5.41, 5.74) is 4.63. The Kier molecular flexibility index (Phi) is 11.4. The third-order valence-corrected chi connectivity index (χ3v) is 6.94. The lowest BCUT2D eigenvalue weighted by Crippen LogP contribution is -2.47. The van der Waals surface area contributed by atoms with Crippen LogP contribution >= 0.6 is 0 Å². The van der Waals surface area contributed by atoms with Gasteiger partial charge >= 0.3 is 6.61 Å². The average Bonchev–Trinajstić information content (AvgIpc) is 3.26. The van der Waals surface area contributed by atoms with E-state index in [1.807, 2.05) is 46.8 Å². The highest BCUT2D eigenvalue weighted by Gasteiger charge is 2.40. The molecule has 2 aromatic carbocycles. The first-order valence-electron chi connectivity index (χ1n) is 13.0. The van der Waals surface area contributed by atoms with E-state index in [2.05, 4.69) is 30.0 Å². The Balaban J connectivity index is 0.00000161. The van der Waals surface area contributed by atoms with Crippen LogP contribution in [0.4, 0.5) is 14.5 Å². The SMILES string of the molecule is CCC.Cc1cc(C(C)(C)C(C)(C)ONO)ccc1N=C1CCCC1NC(=O)c1cccc(OC(F)F)c1. The number of carbonyl (C=O) groups is 1. The predicted molar refractivity (Wildman–Crippen MR) is 146 cm³/mol. The number of hydrogen-bond acceptors (Lipinski definition) is 6. The maximum Gasteiger partial charge on any atom is 0.387 e. The van der Waals surface area contributed by atoms with Gasteiger partial charge < -0.3 is 10.1 Å². The van der Waals surface area contributed by atoms with Crippen LogP contribution in [0.2, 0.25) is 0 Å². The van der Waals surface area contributed by atoms with Gasteiger partial charge in [0.15, 0.2) is 0 Å². The summed E-state index contributed by atoms with van der Waals surface area (Å²) in [6.45, 7) is 11.1. The van der Waals surface area contributed by atoms with Crippen molar-refractivity contribution in [1.29, 1.82) is 0 Å². The number of carbonyl (C=O) groups excluding carboxylic acids is 1. The molecule has 0 aromatic heterocycles. The number of ether oxygens (including phenoxy) is 1. The number of aryl methyl sites for hydroxylation is 1. The minimum atomic E-state index is -2.95. The van der Waals surface area contributed by atoms with Crippen molar-refractivity contribution in [3.05, 3.63) is 59.2 Å². The van der Waals surface area contributed by atoms with E-state index < -0.39 is 17.6 Å². The molecule has 0 radical (unpaired) electrons. The molecule has 3 rings (SSSR count). The fourth-order valence-electron chi connectivity index (χ4n) is 4.09. The second-order valence-electron chi connectivity index (χ2n) is 10.5. The highest BCUT2D eigenvalue weighted by Crippen LogP contribution is 2.38. The van der Waals surface area contributed by atoms with E-state index in [9.17, 15) is 13.6 Å². The zero-order valence-corrected chi connectivity index (χ0v) is 23.4. The van der Waals surface area contributed by atoms with Gasteiger partial charge in [-0.3, -0.25) is 19.8 Å². The maximum atomic E-state index is 12.8. The molecule has 0 spiro atoms. The summed E-state index contributed by atoms with van der Waals surface area (Å²) in [5, 5.41) is 12.0. The largest absolute Gasteiger partial charge is 0.435 e. The molecule has 1 amide bonds. The van der Waals surface area contributed by atoms with Gasteiger partial charge in [-0.15, -0.1) is 0 Å². The van der Waals surface area contributed by atoms with Crippen LogP contribution in [-0.2, 0) is 10.3 Å². The standard InChI is InChI=1S/C26H33F2N3O4.C3H8/c1-16-14-18(25(2,3)26(4,5)35-31-33)12-13-20(16)29-21-10-7-11-22(21)30-23(32)17-8-6-9-19(15-17)34-24(27)28;1-3-2/h6,8-9,12-15,22,24,31,33H,7,10-11H2,1-5H3,(H,30,32);3H2,1-2H3. The van der Waals surface area contributed by atoms with Crippen molar-refractivity contribution in [2.45, 2.75) is 97.8 Å². The molecule has 7 nitrogen and oxygen atoms in total. The summed E-state index contributed by atoms with van der Waals surface area (Å²) < 4.78 is 29.4. The second kappa shape index (κ2) is 13.8. The lowest BCUT2D eigenvalue weighted by atomic mass is 9.71. The Morgan fingerprint density at radius 3 is 2.45 bits per heavy atom. The maximum absolute atomic E-state index is 12.8. The van der Waals surface area contributed by atoms with Gasteiger partial charge in [0, 0.05) is 16.7 Å². The average molecular weight is 534 g/mol. The van der Waals surface area contributed by atoms with E-state index in [0.29, 0.717) is 0 Å². The van der Waals surface area contributed by atoms with E-state index >= 15 is 0 Å². The summed E-state index contributed by atoms with van der Waals surface area (Å²) in [5.74, 6) is -0.423. The fourth-order valence-corrected chi connectivity index (χ4v) is 4.09. The molecule has 0 saturated heterocycles. The Labute approximate surface area is 224 Å². The minimum Gasteiger partial charge on any atom is -0.435 e. The van der Waals surface area contributed by atoms with E-state index in [4.69, 9.17) is 15.0 Å². The lowest BCUT2D eigenvalue weighted by molar-refractivity contribution is -0.218. The molecule has 38 heavy (non-hydrogen) atoms. The third-order valence-electron chi connectivity index (χ3n) is 6.94. The Morgan fingerprint density at radius 2 is 1.84 bits per heavy atom. The molecule has 210 valence electrons. The van der Waals surface area contributed by atoms with Crippen molar-refractivity contribution in [1.82, 2.24) is 11.0 Å². The smallest absolute Gasteiger partial charge is 0.387 e. The Morgan fingerprint density at radius 1 is 1.16 bits per heavy atom. The molecule has 1 aliphatic rings. The fraction of sp³-hybridized carbons (Fsp3) is 0.517. The molecule has 0 bridgehead atoms. The minimum absolute atomic E-state index is 0.0602. The summed E-state index contributed by atoms with van der Waals surface area (Å²) in [6.07, 6.45) is 3.65. The third kappa shape index (κ3) is 8.06.